The number of carbonyl (C=O) groups is 1. The number of rotatable bonds is 4. The molecule has 0 spiro atoms. The minimum Gasteiger partial charge on any atom is -0.393 e. The first-order valence-electron chi connectivity index (χ1n) is 5.11. The summed E-state index contributed by atoms with van der Waals surface area (Å²) in [5, 5.41) is 0. The van der Waals surface area contributed by atoms with Gasteiger partial charge in [-0.05, 0) is 18.6 Å². The van der Waals surface area contributed by atoms with Crippen molar-refractivity contribution >= 4 is 23.1 Å². The third-order valence-electron chi connectivity index (χ3n) is 2.42. The van der Waals surface area contributed by atoms with Gasteiger partial charge in [-0.2, -0.15) is 0 Å². The van der Waals surface area contributed by atoms with Crippen molar-refractivity contribution in [1.82, 2.24) is 4.90 Å². The summed E-state index contributed by atoms with van der Waals surface area (Å²) in [6.45, 7) is 2.48. The smallest absolute Gasteiger partial charge is 0.253 e. The molecule has 0 aliphatic heterocycles. The molecule has 0 aromatic heterocycles. The Morgan fingerprint density at radius 1 is 1.44 bits per heavy atom. The lowest BCUT2D eigenvalue weighted by atomic mass is 10.1. The zero-order valence-corrected chi connectivity index (χ0v) is 10.4. The van der Waals surface area contributed by atoms with E-state index < -0.39 is 0 Å². The van der Waals surface area contributed by atoms with Gasteiger partial charge in [-0.25, -0.2) is 0 Å². The van der Waals surface area contributed by atoms with Crippen LogP contribution < -0.4 is 5.73 Å². The minimum atomic E-state index is 0.00866. The second-order valence-electron chi connectivity index (χ2n) is 3.76. The van der Waals surface area contributed by atoms with Crippen molar-refractivity contribution < 1.29 is 4.79 Å². The molecular weight excluding hydrogens is 220 g/mol. The van der Waals surface area contributed by atoms with Crippen LogP contribution in [0.15, 0.2) is 24.3 Å². The van der Waals surface area contributed by atoms with Crippen LogP contribution in [0.25, 0.3) is 0 Å². The topological polar surface area (TPSA) is 46.3 Å². The van der Waals surface area contributed by atoms with Crippen molar-refractivity contribution in [3.63, 3.8) is 0 Å². The van der Waals surface area contributed by atoms with Crippen LogP contribution >= 0.6 is 12.2 Å². The molecule has 0 unspecified atom stereocenters. The van der Waals surface area contributed by atoms with Crippen LogP contribution in [-0.2, 0) is 0 Å². The van der Waals surface area contributed by atoms with Gasteiger partial charge in [-0.15, -0.1) is 0 Å². The Bertz CT molecular complexity index is 404. The number of carbonyl (C=O) groups excluding carboxylic acids is 1. The van der Waals surface area contributed by atoms with Gasteiger partial charge in [0.2, 0.25) is 0 Å². The highest BCUT2D eigenvalue weighted by Gasteiger charge is 2.13. The molecule has 0 heterocycles. The molecule has 86 valence electrons. The fourth-order valence-corrected chi connectivity index (χ4v) is 1.49. The molecule has 16 heavy (non-hydrogen) atoms. The summed E-state index contributed by atoms with van der Waals surface area (Å²) in [5.41, 5.74) is 7.11. The number of nitrogens with zero attached hydrogens (tertiary/aromatic N) is 1. The van der Waals surface area contributed by atoms with Gasteiger partial charge in [-0.3, -0.25) is 4.79 Å². The van der Waals surface area contributed by atoms with E-state index in [4.69, 9.17) is 18.0 Å². The van der Waals surface area contributed by atoms with Gasteiger partial charge in [0.1, 0.15) is 0 Å². The average molecular weight is 236 g/mol. The van der Waals surface area contributed by atoms with Gasteiger partial charge in [0.05, 0.1) is 4.99 Å². The molecule has 1 aromatic rings. The summed E-state index contributed by atoms with van der Waals surface area (Å²) in [5.74, 6) is 0.00866. The molecule has 1 rings (SSSR count). The van der Waals surface area contributed by atoms with Crippen LogP contribution in [0.2, 0.25) is 0 Å². The molecular formula is C12H16N2OS. The Hall–Kier alpha value is -1.42. The minimum absolute atomic E-state index is 0.00866. The van der Waals surface area contributed by atoms with Crippen molar-refractivity contribution in [2.45, 2.75) is 13.3 Å². The molecule has 2 N–H and O–H groups in total. The van der Waals surface area contributed by atoms with E-state index in [1.807, 2.05) is 31.2 Å². The Morgan fingerprint density at radius 2 is 2.06 bits per heavy atom. The van der Waals surface area contributed by atoms with Crippen LogP contribution in [0.3, 0.4) is 0 Å². The Morgan fingerprint density at radius 3 is 2.62 bits per heavy atom. The van der Waals surface area contributed by atoms with Gasteiger partial charge >= 0.3 is 0 Å². The molecule has 0 bridgehead atoms. The molecule has 0 saturated carbocycles. The Balaban J connectivity index is 2.71. The van der Waals surface area contributed by atoms with Gasteiger partial charge in [0, 0.05) is 25.6 Å². The SMILES string of the molecule is Cc1ccccc1C(=O)N(C)CCC(N)=S. The zero-order valence-electron chi connectivity index (χ0n) is 9.56. The van der Waals surface area contributed by atoms with Crippen LogP contribution in [0, 0.1) is 6.92 Å². The third-order valence-corrected chi connectivity index (χ3v) is 2.62. The second kappa shape index (κ2) is 5.61. The molecule has 0 saturated heterocycles. The summed E-state index contributed by atoms with van der Waals surface area (Å²) < 4.78 is 0. The fraction of sp³-hybridized carbons (Fsp3) is 0.333. The standard InChI is InChI=1S/C12H16N2OS/c1-9-5-3-4-6-10(9)12(15)14(2)8-7-11(13)16/h3-6H,7-8H2,1-2H3,(H2,13,16). The van der Waals surface area contributed by atoms with E-state index >= 15 is 0 Å². The first kappa shape index (κ1) is 12.6. The molecule has 0 fully saturated rings. The highest BCUT2D eigenvalue weighted by molar-refractivity contribution is 7.80. The maximum absolute atomic E-state index is 12.0. The summed E-state index contributed by atoms with van der Waals surface area (Å²) in [7, 11) is 1.76. The van der Waals surface area contributed by atoms with E-state index in [9.17, 15) is 4.79 Å². The second-order valence-corrected chi connectivity index (χ2v) is 4.28. The normalized spacial score (nSPS) is 9.88. The van der Waals surface area contributed by atoms with Crippen molar-refractivity contribution in [1.29, 1.82) is 0 Å². The molecule has 3 nitrogen and oxygen atoms in total. The van der Waals surface area contributed by atoms with Crippen LogP contribution in [0.1, 0.15) is 22.3 Å². The van der Waals surface area contributed by atoms with Crippen molar-refractivity contribution in [2.75, 3.05) is 13.6 Å². The summed E-state index contributed by atoms with van der Waals surface area (Å²) in [4.78, 5) is 14.1. The number of aryl methyl sites for hydroxylation is 1. The molecule has 4 heteroatoms. The van der Waals surface area contributed by atoms with Gasteiger partial charge in [0.15, 0.2) is 0 Å². The van der Waals surface area contributed by atoms with E-state index in [2.05, 4.69) is 0 Å². The highest BCUT2D eigenvalue weighted by Crippen LogP contribution is 2.09. The predicted octanol–water partition coefficient (Wildman–Crippen LogP) is 1.74. The maximum Gasteiger partial charge on any atom is 0.253 e. The lowest BCUT2D eigenvalue weighted by molar-refractivity contribution is 0.0798. The number of benzene rings is 1. The monoisotopic (exact) mass is 236 g/mol. The van der Waals surface area contributed by atoms with Crippen LogP contribution in [-0.4, -0.2) is 29.4 Å². The van der Waals surface area contributed by atoms with Crippen molar-refractivity contribution in [2.24, 2.45) is 5.73 Å². The number of hydrogen-bond donors (Lipinski definition) is 1. The molecule has 0 atom stereocenters. The van der Waals surface area contributed by atoms with E-state index in [1.165, 1.54) is 0 Å². The number of thiocarbonyl (C=S) groups is 1. The summed E-state index contributed by atoms with van der Waals surface area (Å²) in [6, 6.07) is 7.53. The summed E-state index contributed by atoms with van der Waals surface area (Å²) >= 11 is 4.78. The fourth-order valence-electron chi connectivity index (χ4n) is 1.40. The van der Waals surface area contributed by atoms with Gasteiger partial charge < -0.3 is 10.6 Å². The third kappa shape index (κ3) is 3.31. The van der Waals surface area contributed by atoms with Crippen LogP contribution in [0.5, 0.6) is 0 Å². The van der Waals surface area contributed by atoms with Crippen LogP contribution in [0.4, 0.5) is 0 Å². The Kier molecular flexibility index (Phi) is 4.43. The lowest BCUT2D eigenvalue weighted by Gasteiger charge is -2.17. The quantitative estimate of drug-likeness (QED) is 0.810. The predicted molar refractivity (Wildman–Crippen MR) is 69.5 cm³/mol. The molecule has 0 aliphatic carbocycles. The highest BCUT2D eigenvalue weighted by atomic mass is 32.1. The largest absolute Gasteiger partial charge is 0.393 e. The number of amides is 1. The van der Waals surface area contributed by atoms with E-state index in [-0.39, 0.29) is 5.91 Å². The molecule has 1 aromatic carbocycles. The van der Waals surface area contributed by atoms with E-state index in [0.717, 1.165) is 11.1 Å². The molecule has 1 amide bonds. The first-order valence-corrected chi connectivity index (χ1v) is 5.52. The van der Waals surface area contributed by atoms with E-state index in [0.29, 0.717) is 18.0 Å². The average Bonchev–Trinajstić information content (AvgIpc) is 2.25. The van der Waals surface area contributed by atoms with Gasteiger partial charge in [-0.1, -0.05) is 30.4 Å². The van der Waals surface area contributed by atoms with Crippen molar-refractivity contribution in [3.8, 4) is 0 Å². The first-order chi connectivity index (χ1) is 7.52. The Labute approximate surface area is 101 Å². The molecule has 0 aliphatic rings. The lowest BCUT2D eigenvalue weighted by Crippen LogP contribution is -2.30. The van der Waals surface area contributed by atoms with Crippen molar-refractivity contribution in [3.05, 3.63) is 35.4 Å². The maximum atomic E-state index is 12.0. The number of hydrogen-bond acceptors (Lipinski definition) is 2. The van der Waals surface area contributed by atoms with Gasteiger partial charge in [0.25, 0.3) is 5.91 Å². The van der Waals surface area contributed by atoms with E-state index in [1.54, 1.807) is 11.9 Å². The summed E-state index contributed by atoms with van der Waals surface area (Å²) in [6.07, 6.45) is 0.559. The zero-order chi connectivity index (χ0) is 12.1. The number of nitrogens with two attached hydrogens (primary N) is 1. The molecule has 0 radical (unpaired) electrons.